The second kappa shape index (κ2) is 5.26. The van der Waals surface area contributed by atoms with E-state index in [0.29, 0.717) is 0 Å². The molecule has 0 heterocycles. The van der Waals surface area contributed by atoms with Gasteiger partial charge in [0.1, 0.15) is 0 Å². The molecular weight excluding hydrogens is 146 g/mol. The zero-order valence-electron chi connectivity index (χ0n) is 3.29. The Morgan fingerprint density at radius 1 is 0.714 bits per heavy atom. The summed E-state index contributed by atoms with van der Waals surface area (Å²) in [5.74, 6) is 0. The van der Waals surface area contributed by atoms with Crippen molar-refractivity contribution in [1.82, 2.24) is 0 Å². The van der Waals surface area contributed by atoms with Crippen LogP contribution in [0.1, 0.15) is 0 Å². The Morgan fingerprint density at radius 3 is 0.714 bits per heavy atom. The predicted octanol–water partition coefficient (Wildman–Crippen LogP) is -5.90. The largest absolute Gasteiger partial charge is 0.894 e. The lowest BCUT2D eigenvalue weighted by atomic mass is 15.7. The Balaban J connectivity index is -0.0000000800. The molecule has 0 aliphatic carbocycles. The van der Waals surface area contributed by atoms with Gasteiger partial charge in [0.05, 0.1) is 0 Å². The highest BCUT2D eigenvalue weighted by Gasteiger charge is 1.36. The molecule has 38 valence electrons. The summed E-state index contributed by atoms with van der Waals surface area (Å²) in [7, 11) is -5.61. The lowest BCUT2D eigenvalue weighted by molar-refractivity contribution is -0.624. The number of hydrogen-bond acceptors (Lipinski definition) is 4. The fraction of sp³-hybridized carbons (Fsp3) is 0. The van der Waals surface area contributed by atoms with Crippen LogP contribution in [0.5, 0.6) is 0 Å². The van der Waals surface area contributed by atoms with Gasteiger partial charge in [0.15, 0.2) is 0 Å². The normalized spacial score (nSPS) is 8.57. The second-order valence-electron chi connectivity index (χ2n) is 0.500. The number of hydrogen-bond donors (Lipinski definition) is 0. The van der Waals surface area contributed by atoms with Gasteiger partial charge in [0.2, 0.25) is 0 Å². The van der Waals surface area contributed by atoms with E-state index in [9.17, 15) is 0 Å². The van der Waals surface area contributed by atoms with Crippen LogP contribution in [0.15, 0.2) is 0 Å². The van der Waals surface area contributed by atoms with E-state index in [2.05, 4.69) is 0 Å². The minimum atomic E-state index is -5.61. The van der Waals surface area contributed by atoms with E-state index >= 15 is 0 Å². The molecule has 0 amide bonds. The van der Waals surface area contributed by atoms with Crippen molar-refractivity contribution >= 4 is 43.8 Å². The van der Waals surface area contributed by atoms with Crippen molar-refractivity contribution in [3.05, 3.63) is 0 Å². The third-order valence-electron chi connectivity index (χ3n) is 0. The zero-order chi connectivity index (χ0) is 4.50. The average Bonchev–Trinajstić information content (AvgIpc) is 0.722. The topological polar surface area (TPSA) is 92.2 Å². The Labute approximate surface area is 63.2 Å². The van der Waals surface area contributed by atoms with Gasteiger partial charge in [-0.25, -0.2) is 0 Å². The van der Waals surface area contributed by atoms with Crippen LogP contribution < -0.4 is 19.2 Å². The Bertz CT molecular complexity index is 25.2. The molecule has 0 N–H and O–H groups in total. The Hall–Kier alpha value is 1.12. The average molecular weight is 146 g/mol. The van der Waals surface area contributed by atoms with E-state index in [1.54, 1.807) is 0 Å². The van der Waals surface area contributed by atoms with Crippen molar-refractivity contribution in [2.75, 3.05) is 0 Å². The molecule has 0 rings (SSSR count). The Kier molecular flexibility index (Phi) is 11.8. The van der Waals surface area contributed by atoms with E-state index in [-0.39, 0.29) is 34.7 Å². The van der Waals surface area contributed by atoms with Crippen LogP contribution in [0.4, 0.5) is 0 Å². The van der Waals surface area contributed by atoms with Crippen LogP contribution in [0.2, 0.25) is 0 Å². The molecular formula is Al2O4Si-4. The molecule has 0 bridgehead atoms. The fourth-order valence-corrected chi connectivity index (χ4v) is 0. The first-order chi connectivity index (χ1) is 2.00. The summed E-state index contributed by atoms with van der Waals surface area (Å²) in [5.41, 5.74) is 0. The van der Waals surface area contributed by atoms with Crippen molar-refractivity contribution in [3.8, 4) is 0 Å². The van der Waals surface area contributed by atoms with Gasteiger partial charge in [-0.1, -0.05) is 0 Å². The maximum atomic E-state index is 8.58. The summed E-state index contributed by atoms with van der Waals surface area (Å²) in [6, 6.07) is 0. The predicted molar refractivity (Wildman–Crippen MR) is 17.3 cm³/mol. The summed E-state index contributed by atoms with van der Waals surface area (Å²) in [5, 5.41) is 0. The number of rotatable bonds is 0. The molecule has 4 nitrogen and oxygen atoms in total. The summed E-state index contributed by atoms with van der Waals surface area (Å²) < 4.78 is 0. The lowest BCUT2D eigenvalue weighted by Crippen LogP contribution is -2.82. The van der Waals surface area contributed by atoms with Gasteiger partial charge in [0.25, 0.3) is 0 Å². The molecule has 0 aliphatic rings. The quantitative estimate of drug-likeness (QED) is 0.318. The van der Waals surface area contributed by atoms with E-state index in [0.717, 1.165) is 0 Å². The van der Waals surface area contributed by atoms with Gasteiger partial charge >= 0.3 is 0 Å². The maximum absolute atomic E-state index is 8.58. The van der Waals surface area contributed by atoms with Crippen molar-refractivity contribution < 1.29 is 19.2 Å². The third-order valence-corrected chi connectivity index (χ3v) is 0. The SMILES string of the molecule is [Al].[Al].[O-][Si]([O-])([O-])[O-]. The van der Waals surface area contributed by atoms with Crippen molar-refractivity contribution in [2.45, 2.75) is 0 Å². The molecule has 7 heavy (non-hydrogen) atoms. The fourth-order valence-electron chi connectivity index (χ4n) is 0. The third kappa shape index (κ3) is 148. The standard InChI is InChI=1S/2Al.O4Si/c;;1-5(2,3)4/q;;-4. The maximum Gasteiger partial charge on any atom is 0 e. The van der Waals surface area contributed by atoms with Gasteiger partial charge in [-0.05, 0) is 0 Å². The summed E-state index contributed by atoms with van der Waals surface area (Å²) >= 11 is 0. The molecule has 0 aliphatic heterocycles. The molecule has 0 aromatic rings. The first-order valence-corrected chi connectivity index (χ1v) is 2.45. The van der Waals surface area contributed by atoms with Crippen LogP contribution in [0.25, 0.3) is 0 Å². The van der Waals surface area contributed by atoms with Crippen molar-refractivity contribution in [3.63, 3.8) is 0 Å². The minimum Gasteiger partial charge on any atom is -0.894 e. The zero-order valence-corrected chi connectivity index (χ0v) is 6.60. The van der Waals surface area contributed by atoms with E-state index in [4.69, 9.17) is 19.2 Å². The molecule has 0 saturated carbocycles. The summed E-state index contributed by atoms with van der Waals surface area (Å²) in [6.07, 6.45) is 0. The molecule has 0 fully saturated rings. The van der Waals surface area contributed by atoms with Crippen LogP contribution in [0.3, 0.4) is 0 Å². The van der Waals surface area contributed by atoms with Gasteiger partial charge < -0.3 is 28.2 Å². The molecule has 0 aromatic carbocycles. The molecule has 0 saturated heterocycles. The summed E-state index contributed by atoms with van der Waals surface area (Å²) in [6.45, 7) is 0. The highest BCUT2D eigenvalue weighted by Crippen LogP contribution is 1.26. The highest BCUT2D eigenvalue weighted by molar-refractivity contribution is 6.38. The van der Waals surface area contributed by atoms with Gasteiger partial charge in [-0.2, -0.15) is 0 Å². The Morgan fingerprint density at radius 2 is 0.714 bits per heavy atom. The van der Waals surface area contributed by atoms with Crippen LogP contribution >= 0.6 is 0 Å². The first kappa shape index (κ1) is 15.7. The van der Waals surface area contributed by atoms with Crippen molar-refractivity contribution in [1.29, 1.82) is 0 Å². The van der Waals surface area contributed by atoms with E-state index in [1.165, 1.54) is 0 Å². The highest BCUT2D eigenvalue weighted by atomic mass is 28.4. The molecule has 0 spiro atoms. The molecule has 0 aromatic heterocycles. The monoisotopic (exact) mass is 146 g/mol. The van der Waals surface area contributed by atoms with Gasteiger partial charge in [-0.3, -0.25) is 0 Å². The van der Waals surface area contributed by atoms with Crippen LogP contribution in [0, 0.1) is 0 Å². The minimum absolute atomic E-state index is 0. The molecule has 0 atom stereocenters. The van der Waals surface area contributed by atoms with E-state index < -0.39 is 9.05 Å². The van der Waals surface area contributed by atoms with E-state index in [1.807, 2.05) is 0 Å². The van der Waals surface area contributed by atoms with Crippen LogP contribution in [-0.4, -0.2) is 43.8 Å². The van der Waals surface area contributed by atoms with Gasteiger partial charge in [-0.15, -0.1) is 0 Å². The van der Waals surface area contributed by atoms with Crippen molar-refractivity contribution in [2.24, 2.45) is 0 Å². The summed E-state index contributed by atoms with van der Waals surface area (Å²) in [4.78, 5) is 34.3. The molecule has 0 unspecified atom stereocenters. The first-order valence-electron chi connectivity index (χ1n) is 0.816. The second-order valence-corrected chi connectivity index (χ2v) is 1.50. The van der Waals surface area contributed by atoms with Gasteiger partial charge in [0, 0.05) is 34.7 Å². The molecule has 7 heteroatoms. The molecule has 6 radical (unpaired) electrons. The lowest BCUT2D eigenvalue weighted by Gasteiger charge is -2.67. The smallest absolute Gasteiger partial charge is 0 e. The van der Waals surface area contributed by atoms with Crippen LogP contribution in [-0.2, 0) is 0 Å².